The SMILES string of the molecule is CCn1c(CC(=O)CNC(C)(C)C)nc2ccccc21. The van der Waals surface area contributed by atoms with Crippen molar-refractivity contribution in [1.29, 1.82) is 0 Å². The molecule has 1 aromatic carbocycles. The molecule has 0 aliphatic heterocycles. The molecule has 0 bridgehead atoms. The van der Waals surface area contributed by atoms with Gasteiger partial charge in [-0.15, -0.1) is 0 Å². The van der Waals surface area contributed by atoms with Crippen LogP contribution in [0.5, 0.6) is 0 Å². The zero-order valence-corrected chi connectivity index (χ0v) is 12.7. The Kier molecular flexibility index (Phi) is 4.23. The molecule has 0 saturated heterocycles. The van der Waals surface area contributed by atoms with Crippen LogP contribution in [0, 0.1) is 0 Å². The second-order valence-electron chi connectivity index (χ2n) is 6.08. The number of hydrogen-bond acceptors (Lipinski definition) is 3. The zero-order chi connectivity index (χ0) is 14.8. The number of benzene rings is 1. The molecule has 0 amide bonds. The molecular formula is C16H23N3O. The normalized spacial score (nSPS) is 12.0. The fourth-order valence-electron chi connectivity index (χ4n) is 2.22. The molecule has 0 unspecified atom stereocenters. The highest BCUT2D eigenvalue weighted by atomic mass is 16.1. The molecule has 0 aliphatic carbocycles. The lowest BCUT2D eigenvalue weighted by atomic mass is 10.1. The lowest BCUT2D eigenvalue weighted by molar-refractivity contribution is -0.118. The molecule has 0 radical (unpaired) electrons. The van der Waals surface area contributed by atoms with Crippen LogP contribution in [-0.2, 0) is 17.8 Å². The number of hydrogen-bond donors (Lipinski definition) is 1. The van der Waals surface area contributed by atoms with Crippen LogP contribution in [0.2, 0.25) is 0 Å². The molecule has 2 aromatic rings. The van der Waals surface area contributed by atoms with Crippen molar-refractivity contribution in [3.8, 4) is 0 Å². The molecule has 108 valence electrons. The number of aryl methyl sites for hydroxylation is 1. The van der Waals surface area contributed by atoms with Crippen molar-refractivity contribution in [2.75, 3.05) is 6.54 Å². The number of rotatable bonds is 5. The molecule has 0 saturated carbocycles. The van der Waals surface area contributed by atoms with E-state index in [9.17, 15) is 4.79 Å². The molecule has 2 rings (SSSR count). The van der Waals surface area contributed by atoms with E-state index in [1.807, 2.05) is 24.3 Å². The summed E-state index contributed by atoms with van der Waals surface area (Å²) < 4.78 is 2.12. The number of carbonyl (C=O) groups is 1. The zero-order valence-electron chi connectivity index (χ0n) is 12.7. The maximum atomic E-state index is 12.1. The van der Waals surface area contributed by atoms with Gasteiger partial charge in [0.1, 0.15) is 5.82 Å². The number of nitrogens with zero attached hydrogens (tertiary/aromatic N) is 2. The number of nitrogens with one attached hydrogen (secondary N) is 1. The van der Waals surface area contributed by atoms with Crippen LogP contribution >= 0.6 is 0 Å². The van der Waals surface area contributed by atoms with Gasteiger partial charge in [0.15, 0.2) is 5.78 Å². The van der Waals surface area contributed by atoms with Gasteiger partial charge in [0.05, 0.1) is 24.0 Å². The number of ketones is 1. The Labute approximate surface area is 120 Å². The number of carbonyl (C=O) groups excluding carboxylic acids is 1. The first-order chi connectivity index (χ1) is 9.40. The Bertz CT molecular complexity index is 608. The smallest absolute Gasteiger partial charge is 0.154 e. The summed E-state index contributed by atoms with van der Waals surface area (Å²) in [4.78, 5) is 16.7. The highest BCUT2D eigenvalue weighted by molar-refractivity contribution is 5.84. The van der Waals surface area contributed by atoms with Crippen LogP contribution in [0.3, 0.4) is 0 Å². The average Bonchev–Trinajstić information content (AvgIpc) is 2.72. The van der Waals surface area contributed by atoms with E-state index < -0.39 is 0 Å². The van der Waals surface area contributed by atoms with Crippen molar-refractivity contribution < 1.29 is 4.79 Å². The van der Waals surface area contributed by atoms with Gasteiger partial charge in [-0.25, -0.2) is 4.98 Å². The maximum Gasteiger partial charge on any atom is 0.154 e. The molecule has 4 nitrogen and oxygen atoms in total. The highest BCUT2D eigenvalue weighted by Crippen LogP contribution is 2.16. The minimum absolute atomic E-state index is 0.0411. The van der Waals surface area contributed by atoms with Crippen molar-refractivity contribution in [3.63, 3.8) is 0 Å². The summed E-state index contributed by atoms with van der Waals surface area (Å²) in [6.45, 7) is 9.46. The van der Waals surface area contributed by atoms with Crippen LogP contribution in [-0.4, -0.2) is 27.4 Å². The summed E-state index contributed by atoms with van der Waals surface area (Å²) in [6.07, 6.45) is 0.381. The van der Waals surface area contributed by atoms with Crippen LogP contribution in [0.1, 0.15) is 33.5 Å². The van der Waals surface area contributed by atoms with Crippen LogP contribution < -0.4 is 5.32 Å². The maximum absolute atomic E-state index is 12.1. The molecule has 0 spiro atoms. The Hall–Kier alpha value is -1.68. The van der Waals surface area contributed by atoms with Crippen molar-refractivity contribution in [1.82, 2.24) is 14.9 Å². The quantitative estimate of drug-likeness (QED) is 0.910. The number of aromatic nitrogens is 2. The number of fused-ring (bicyclic) bond motifs is 1. The molecule has 0 atom stereocenters. The predicted molar refractivity (Wildman–Crippen MR) is 81.9 cm³/mol. The number of Topliss-reactive ketones (excluding diaryl/α,β-unsaturated/α-hetero) is 1. The minimum Gasteiger partial charge on any atom is -0.328 e. The average molecular weight is 273 g/mol. The van der Waals surface area contributed by atoms with E-state index in [4.69, 9.17) is 0 Å². The number of imidazole rings is 1. The van der Waals surface area contributed by atoms with Crippen LogP contribution in [0.4, 0.5) is 0 Å². The molecule has 20 heavy (non-hydrogen) atoms. The molecule has 0 fully saturated rings. The van der Waals surface area contributed by atoms with Gasteiger partial charge in [-0.1, -0.05) is 12.1 Å². The summed E-state index contributed by atoms with van der Waals surface area (Å²) in [5.41, 5.74) is 2.02. The predicted octanol–water partition coefficient (Wildman–Crippen LogP) is 2.56. The van der Waals surface area contributed by atoms with Crippen molar-refractivity contribution >= 4 is 16.8 Å². The molecular weight excluding hydrogens is 250 g/mol. The molecule has 1 N–H and O–H groups in total. The Morgan fingerprint density at radius 1 is 1.30 bits per heavy atom. The van der Waals surface area contributed by atoms with E-state index in [2.05, 4.69) is 42.6 Å². The van der Waals surface area contributed by atoms with E-state index in [0.717, 1.165) is 23.4 Å². The second kappa shape index (κ2) is 5.75. The summed E-state index contributed by atoms with van der Waals surface area (Å²) >= 11 is 0. The van der Waals surface area contributed by atoms with Gasteiger partial charge in [-0.3, -0.25) is 4.79 Å². The lowest BCUT2D eigenvalue weighted by Gasteiger charge is -2.19. The van der Waals surface area contributed by atoms with E-state index >= 15 is 0 Å². The van der Waals surface area contributed by atoms with Gasteiger partial charge in [-0.2, -0.15) is 0 Å². The third-order valence-corrected chi connectivity index (χ3v) is 3.22. The molecule has 1 heterocycles. The van der Waals surface area contributed by atoms with Gasteiger partial charge in [0, 0.05) is 12.1 Å². The first-order valence-electron chi connectivity index (χ1n) is 7.11. The van der Waals surface area contributed by atoms with Gasteiger partial charge < -0.3 is 9.88 Å². The van der Waals surface area contributed by atoms with E-state index in [1.54, 1.807) is 0 Å². The number of para-hydroxylation sites is 2. The topological polar surface area (TPSA) is 46.9 Å². The summed E-state index contributed by atoms with van der Waals surface area (Å²) in [5, 5.41) is 3.23. The van der Waals surface area contributed by atoms with Gasteiger partial charge >= 0.3 is 0 Å². The van der Waals surface area contributed by atoms with Crippen molar-refractivity contribution in [3.05, 3.63) is 30.1 Å². The van der Waals surface area contributed by atoms with E-state index in [0.29, 0.717) is 13.0 Å². The third-order valence-electron chi connectivity index (χ3n) is 3.22. The molecule has 1 aromatic heterocycles. The lowest BCUT2D eigenvalue weighted by Crippen LogP contribution is -2.39. The second-order valence-corrected chi connectivity index (χ2v) is 6.08. The monoisotopic (exact) mass is 273 g/mol. The fraction of sp³-hybridized carbons (Fsp3) is 0.500. The Morgan fingerprint density at radius 3 is 2.65 bits per heavy atom. The minimum atomic E-state index is -0.0411. The van der Waals surface area contributed by atoms with Gasteiger partial charge in [-0.05, 0) is 39.8 Å². The molecule has 4 heteroatoms. The van der Waals surface area contributed by atoms with Crippen molar-refractivity contribution in [2.24, 2.45) is 0 Å². The summed E-state index contributed by atoms with van der Waals surface area (Å²) in [6, 6.07) is 8.01. The standard InChI is InChI=1S/C16H23N3O/c1-5-19-14-9-7-6-8-13(14)18-15(19)10-12(20)11-17-16(2,3)4/h6-9,17H,5,10-11H2,1-4H3. The van der Waals surface area contributed by atoms with Crippen LogP contribution in [0.15, 0.2) is 24.3 Å². The largest absolute Gasteiger partial charge is 0.328 e. The van der Waals surface area contributed by atoms with E-state index in [1.165, 1.54) is 0 Å². The summed E-state index contributed by atoms with van der Waals surface area (Å²) in [7, 11) is 0. The Balaban J connectivity index is 2.15. The van der Waals surface area contributed by atoms with Crippen molar-refractivity contribution in [2.45, 2.75) is 46.2 Å². The van der Waals surface area contributed by atoms with E-state index in [-0.39, 0.29) is 11.3 Å². The first-order valence-corrected chi connectivity index (χ1v) is 7.11. The fourth-order valence-corrected chi connectivity index (χ4v) is 2.22. The first kappa shape index (κ1) is 14.7. The van der Waals surface area contributed by atoms with Gasteiger partial charge in [0.2, 0.25) is 0 Å². The summed E-state index contributed by atoms with van der Waals surface area (Å²) in [5.74, 6) is 1.03. The Morgan fingerprint density at radius 2 is 2.00 bits per heavy atom. The highest BCUT2D eigenvalue weighted by Gasteiger charge is 2.15. The third kappa shape index (κ3) is 3.45. The molecule has 0 aliphatic rings. The van der Waals surface area contributed by atoms with Gasteiger partial charge in [0.25, 0.3) is 0 Å². The van der Waals surface area contributed by atoms with Crippen LogP contribution in [0.25, 0.3) is 11.0 Å².